The average molecular weight is 344 g/mol. The lowest BCUT2D eigenvalue weighted by Gasteiger charge is -2.21. The molecule has 0 atom stereocenters. The lowest BCUT2D eigenvalue weighted by molar-refractivity contribution is -0.121. The summed E-state index contributed by atoms with van der Waals surface area (Å²) < 4.78 is 5.32. The van der Waals surface area contributed by atoms with E-state index in [-0.39, 0.29) is 24.3 Å². The molecule has 2 heterocycles. The number of imide groups is 1. The molecule has 134 valence electrons. The second-order valence-corrected chi connectivity index (χ2v) is 6.61. The minimum atomic E-state index is -0.263. The molecule has 3 rings (SSSR count). The van der Waals surface area contributed by atoms with Crippen LogP contribution in [0.1, 0.15) is 52.8 Å². The van der Waals surface area contributed by atoms with E-state index >= 15 is 0 Å². The topological polar surface area (TPSA) is 75.7 Å². The molecule has 0 aromatic heterocycles. The molecule has 0 bridgehead atoms. The minimum absolute atomic E-state index is 0.0244. The number of nitrogens with one attached hydrogen (secondary N) is 1. The molecule has 0 spiro atoms. The number of benzene rings is 1. The first-order chi connectivity index (χ1) is 12.2. The van der Waals surface area contributed by atoms with Crippen molar-refractivity contribution in [1.82, 2.24) is 10.2 Å². The zero-order chi connectivity index (χ0) is 17.6. The Morgan fingerprint density at radius 1 is 1.12 bits per heavy atom. The zero-order valence-corrected chi connectivity index (χ0v) is 14.3. The summed E-state index contributed by atoms with van der Waals surface area (Å²) in [6, 6.07) is 6.83. The molecule has 2 aliphatic rings. The summed E-state index contributed by atoms with van der Waals surface area (Å²) in [5.74, 6) is 0.0807. The lowest BCUT2D eigenvalue weighted by Crippen LogP contribution is -2.32. The lowest BCUT2D eigenvalue weighted by atomic mass is 9.97. The highest BCUT2D eigenvalue weighted by atomic mass is 16.5. The molecule has 6 nitrogen and oxygen atoms in total. The standard InChI is InChI=1S/C19H24N2O4/c22-17(20-10-7-14-8-12-25-13-9-14)6-3-11-21-18(23)15-4-1-2-5-16(15)19(21)24/h1-2,4-5,14H,3,6-13H2,(H,20,22). The van der Waals surface area contributed by atoms with Crippen molar-refractivity contribution in [3.8, 4) is 0 Å². The second-order valence-electron chi connectivity index (χ2n) is 6.61. The molecular weight excluding hydrogens is 320 g/mol. The Hall–Kier alpha value is -2.21. The molecule has 1 fully saturated rings. The Balaban J connectivity index is 1.36. The van der Waals surface area contributed by atoms with Gasteiger partial charge in [0.15, 0.2) is 0 Å². The van der Waals surface area contributed by atoms with Crippen molar-refractivity contribution in [3.63, 3.8) is 0 Å². The predicted molar refractivity (Wildman–Crippen MR) is 92.2 cm³/mol. The summed E-state index contributed by atoms with van der Waals surface area (Å²) >= 11 is 0. The molecule has 0 unspecified atom stereocenters. The maximum atomic E-state index is 12.2. The summed E-state index contributed by atoms with van der Waals surface area (Å²) in [7, 11) is 0. The number of carbonyl (C=O) groups is 3. The van der Waals surface area contributed by atoms with E-state index in [0.29, 0.717) is 36.4 Å². The number of rotatable bonds is 7. The first kappa shape index (κ1) is 17.6. The van der Waals surface area contributed by atoms with E-state index in [1.165, 1.54) is 4.90 Å². The van der Waals surface area contributed by atoms with E-state index in [9.17, 15) is 14.4 Å². The van der Waals surface area contributed by atoms with E-state index in [1.807, 2.05) is 0 Å². The van der Waals surface area contributed by atoms with Crippen LogP contribution in [-0.2, 0) is 9.53 Å². The van der Waals surface area contributed by atoms with Crippen molar-refractivity contribution in [2.75, 3.05) is 26.3 Å². The Morgan fingerprint density at radius 2 is 1.76 bits per heavy atom. The SMILES string of the molecule is O=C(CCCN1C(=O)c2ccccc2C1=O)NCCC1CCOCC1. The molecule has 25 heavy (non-hydrogen) atoms. The molecule has 6 heteroatoms. The number of hydrogen-bond donors (Lipinski definition) is 1. The van der Waals surface area contributed by atoms with Gasteiger partial charge in [0.1, 0.15) is 0 Å². The van der Waals surface area contributed by atoms with Crippen LogP contribution in [0.15, 0.2) is 24.3 Å². The molecule has 1 aromatic rings. The van der Waals surface area contributed by atoms with Crippen LogP contribution in [-0.4, -0.2) is 48.9 Å². The van der Waals surface area contributed by atoms with Crippen molar-refractivity contribution in [2.45, 2.75) is 32.1 Å². The van der Waals surface area contributed by atoms with Gasteiger partial charge in [-0.05, 0) is 43.7 Å². The molecule has 3 amide bonds. The van der Waals surface area contributed by atoms with Crippen molar-refractivity contribution < 1.29 is 19.1 Å². The maximum absolute atomic E-state index is 12.2. The van der Waals surface area contributed by atoms with Gasteiger partial charge in [0.2, 0.25) is 5.91 Å². The van der Waals surface area contributed by atoms with Gasteiger partial charge in [-0.15, -0.1) is 0 Å². The van der Waals surface area contributed by atoms with Gasteiger partial charge in [-0.2, -0.15) is 0 Å². The van der Waals surface area contributed by atoms with Gasteiger partial charge in [0.05, 0.1) is 11.1 Å². The van der Waals surface area contributed by atoms with Gasteiger partial charge < -0.3 is 10.1 Å². The van der Waals surface area contributed by atoms with E-state index in [0.717, 1.165) is 32.5 Å². The molecule has 1 N–H and O–H groups in total. The number of nitrogens with zero attached hydrogens (tertiary/aromatic N) is 1. The molecular formula is C19H24N2O4. The highest BCUT2D eigenvalue weighted by Crippen LogP contribution is 2.22. The van der Waals surface area contributed by atoms with Gasteiger partial charge in [-0.25, -0.2) is 0 Å². The number of fused-ring (bicyclic) bond motifs is 1. The summed E-state index contributed by atoms with van der Waals surface area (Å²) in [5, 5.41) is 2.93. The third-order valence-corrected chi connectivity index (χ3v) is 4.88. The van der Waals surface area contributed by atoms with Crippen LogP contribution in [0, 0.1) is 5.92 Å². The third-order valence-electron chi connectivity index (χ3n) is 4.88. The molecule has 0 radical (unpaired) electrons. The first-order valence-electron chi connectivity index (χ1n) is 8.96. The monoisotopic (exact) mass is 344 g/mol. The molecule has 2 aliphatic heterocycles. The van der Waals surface area contributed by atoms with Crippen LogP contribution < -0.4 is 5.32 Å². The van der Waals surface area contributed by atoms with Crippen LogP contribution in [0.2, 0.25) is 0 Å². The minimum Gasteiger partial charge on any atom is -0.381 e. The van der Waals surface area contributed by atoms with E-state index < -0.39 is 0 Å². The highest BCUT2D eigenvalue weighted by molar-refractivity contribution is 6.21. The van der Waals surface area contributed by atoms with Gasteiger partial charge in [-0.3, -0.25) is 19.3 Å². The molecule has 1 aromatic carbocycles. The summed E-state index contributed by atoms with van der Waals surface area (Å²) in [5.41, 5.74) is 0.904. The Labute approximate surface area is 147 Å². The summed E-state index contributed by atoms with van der Waals surface area (Å²) in [6.45, 7) is 2.59. The summed E-state index contributed by atoms with van der Waals surface area (Å²) in [6.07, 6.45) is 3.91. The number of carbonyl (C=O) groups excluding carboxylic acids is 3. The molecule has 0 aliphatic carbocycles. The fourth-order valence-electron chi connectivity index (χ4n) is 3.38. The normalized spacial score (nSPS) is 17.7. The first-order valence-corrected chi connectivity index (χ1v) is 8.96. The Bertz CT molecular complexity index is 618. The molecule has 1 saturated heterocycles. The van der Waals surface area contributed by atoms with Gasteiger partial charge in [-0.1, -0.05) is 12.1 Å². The van der Waals surface area contributed by atoms with Crippen molar-refractivity contribution >= 4 is 17.7 Å². The highest BCUT2D eigenvalue weighted by Gasteiger charge is 2.34. The molecule has 0 saturated carbocycles. The average Bonchev–Trinajstić information content (AvgIpc) is 2.88. The summed E-state index contributed by atoms with van der Waals surface area (Å²) in [4.78, 5) is 37.6. The van der Waals surface area contributed by atoms with Crippen LogP contribution in [0.5, 0.6) is 0 Å². The number of ether oxygens (including phenoxy) is 1. The Kier molecular flexibility index (Phi) is 5.81. The quantitative estimate of drug-likeness (QED) is 0.768. The third kappa shape index (κ3) is 4.25. The smallest absolute Gasteiger partial charge is 0.261 e. The van der Waals surface area contributed by atoms with E-state index in [2.05, 4.69) is 5.32 Å². The van der Waals surface area contributed by atoms with Gasteiger partial charge in [0, 0.05) is 32.7 Å². The fourth-order valence-corrected chi connectivity index (χ4v) is 3.38. The van der Waals surface area contributed by atoms with Gasteiger partial charge in [0.25, 0.3) is 11.8 Å². The van der Waals surface area contributed by atoms with Gasteiger partial charge >= 0.3 is 0 Å². The van der Waals surface area contributed by atoms with Crippen molar-refractivity contribution in [1.29, 1.82) is 0 Å². The predicted octanol–water partition coefficient (Wildman–Crippen LogP) is 2.00. The van der Waals surface area contributed by atoms with Crippen molar-refractivity contribution in [3.05, 3.63) is 35.4 Å². The van der Waals surface area contributed by atoms with Crippen LogP contribution >= 0.6 is 0 Å². The zero-order valence-electron chi connectivity index (χ0n) is 14.3. The van der Waals surface area contributed by atoms with Crippen LogP contribution in [0.3, 0.4) is 0 Å². The van der Waals surface area contributed by atoms with Crippen LogP contribution in [0.25, 0.3) is 0 Å². The fraction of sp³-hybridized carbons (Fsp3) is 0.526. The van der Waals surface area contributed by atoms with Crippen molar-refractivity contribution in [2.24, 2.45) is 5.92 Å². The largest absolute Gasteiger partial charge is 0.381 e. The number of hydrogen-bond acceptors (Lipinski definition) is 4. The second kappa shape index (κ2) is 8.25. The van der Waals surface area contributed by atoms with E-state index in [1.54, 1.807) is 24.3 Å². The Morgan fingerprint density at radius 3 is 2.40 bits per heavy atom. The number of amides is 3. The van der Waals surface area contributed by atoms with E-state index in [4.69, 9.17) is 4.74 Å². The maximum Gasteiger partial charge on any atom is 0.261 e. The van der Waals surface area contributed by atoms with Crippen LogP contribution in [0.4, 0.5) is 0 Å².